The zero-order valence-electron chi connectivity index (χ0n) is 7.91. The SMILES string of the molecule is NCc1nc2c(OC(F)(F)F)cccc2o1. The van der Waals surface area contributed by atoms with Crippen molar-refractivity contribution in [2.45, 2.75) is 12.9 Å². The Hall–Kier alpha value is -1.76. The van der Waals surface area contributed by atoms with Gasteiger partial charge in [0, 0.05) is 0 Å². The molecule has 2 aromatic rings. The maximum Gasteiger partial charge on any atom is 0.573 e. The number of rotatable bonds is 2. The van der Waals surface area contributed by atoms with Gasteiger partial charge in [0.1, 0.15) is 0 Å². The predicted octanol–water partition coefficient (Wildman–Crippen LogP) is 2.19. The molecule has 7 heteroatoms. The molecule has 0 fully saturated rings. The van der Waals surface area contributed by atoms with Crippen LogP contribution >= 0.6 is 0 Å². The number of hydrogen-bond acceptors (Lipinski definition) is 4. The van der Waals surface area contributed by atoms with Crippen LogP contribution in [0.2, 0.25) is 0 Å². The second kappa shape index (κ2) is 3.67. The summed E-state index contributed by atoms with van der Waals surface area (Å²) in [4.78, 5) is 3.80. The maximum absolute atomic E-state index is 12.1. The minimum Gasteiger partial charge on any atom is -0.439 e. The van der Waals surface area contributed by atoms with Crippen molar-refractivity contribution in [3.63, 3.8) is 0 Å². The average Bonchev–Trinajstić information content (AvgIpc) is 2.59. The number of fused-ring (bicyclic) bond motifs is 1. The van der Waals surface area contributed by atoms with Gasteiger partial charge < -0.3 is 14.9 Å². The second-order valence-corrected chi connectivity index (χ2v) is 2.96. The number of halogens is 3. The standard InChI is InChI=1S/C9H7F3N2O2/c10-9(11,12)16-6-3-1-2-5-8(6)14-7(4-13)15-5/h1-3H,4,13H2. The molecule has 1 aromatic carbocycles. The molecule has 0 amide bonds. The van der Waals surface area contributed by atoms with Crippen LogP contribution in [0.1, 0.15) is 5.89 Å². The van der Waals surface area contributed by atoms with Crippen molar-refractivity contribution in [3.8, 4) is 5.75 Å². The molecule has 0 saturated carbocycles. The summed E-state index contributed by atoms with van der Waals surface area (Å²) in [6, 6.07) is 4.04. The van der Waals surface area contributed by atoms with E-state index in [-0.39, 0.29) is 23.5 Å². The first kappa shape index (κ1) is 10.7. The lowest BCUT2D eigenvalue weighted by atomic mass is 10.3. The lowest BCUT2D eigenvalue weighted by Crippen LogP contribution is -2.17. The second-order valence-electron chi connectivity index (χ2n) is 2.96. The Labute approximate surface area is 87.8 Å². The van der Waals surface area contributed by atoms with Crippen LogP contribution in [0.3, 0.4) is 0 Å². The third-order valence-electron chi connectivity index (χ3n) is 1.83. The highest BCUT2D eigenvalue weighted by atomic mass is 19.4. The van der Waals surface area contributed by atoms with Crippen molar-refractivity contribution >= 4 is 11.1 Å². The van der Waals surface area contributed by atoms with Crippen LogP contribution in [-0.2, 0) is 6.54 Å². The van der Waals surface area contributed by atoms with Gasteiger partial charge in [-0.1, -0.05) is 6.07 Å². The molecule has 0 unspecified atom stereocenters. The van der Waals surface area contributed by atoms with E-state index in [0.29, 0.717) is 0 Å². The third kappa shape index (κ3) is 2.08. The number of oxazole rings is 1. The molecule has 0 bridgehead atoms. The number of nitrogens with two attached hydrogens (primary N) is 1. The molecule has 0 aliphatic rings. The Morgan fingerprint density at radius 1 is 1.38 bits per heavy atom. The van der Waals surface area contributed by atoms with Crippen LogP contribution in [0.15, 0.2) is 22.6 Å². The molecule has 2 N–H and O–H groups in total. The smallest absolute Gasteiger partial charge is 0.439 e. The number of hydrogen-bond donors (Lipinski definition) is 1. The van der Waals surface area contributed by atoms with Gasteiger partial charge in [-0.3, -0.25) is 0 Å². The van der Waals surface area contributed by atoms with E-state index in [9.17, 15) is 13.2 Å². The minimum atomic E-state index is -4.75. The maximum atomic E-state index is 12.1. The molecule has 0 atom stereocenters. The normalized spacial score (nSPS) is 12.0. The zero-order valence-corrected chi connectivity index (χ0v) is 7.91. The van der Waals surface area contributed by atoms with E-state index in [1.165, 1.54) is 18.2 Å². The van der Waals surface area contributed by atoms with Crippen molar-refractivity contribution in [2.75, 3.05) is 0 Å². The highest BCUT2D eigenvalue weighted by Gasteiger charge is 2.32. The predicted molar refractivity (Wildman–Crippen MR) is 48.6 cm³/mol. The van der Waals surface area contributed by atoms with Crippen LogP contribution in [0.5, 0.6) is 5.75 Å². The molecule has 0 spiro atoms. The molecule has 1 aromatic heterocycles. The van der Waals surface area contributed by atoms with Crippen LogP contribution in [0.25, 0.3) is 11.1 Å². The first-order chi connectivity index (χ1) is 7.49. The highest BCUT2D eigenvalue weighted by Crippen LogP contribution is 2.30. The highest BCUT2D eigenvalue weighted by molar-refractivity contribution is 5.79. The van der Waals surface area contributed by atoms with Crippen LogP contribution in [0, 0.1) is 0 Å². The fourth-order valence-electron chi connectivity index (χ4n) is 1.26. The molecule has 0 saturated heterocycles. The van der Waals surface area contributed by atoms with Gasteiger partial charge >= 0.3 is 6.36 Å². The topological polar surface area (TPSA) is 61.3 Å². The number of para-hydroxylation sites is 1. The third-order valence-corrected chi connectivity index (χ3v) is 1.83. The molecular formula is C9H7F3N2O2. The van der Waals surface area contributed by atoms with E-state index in [2.05, 4.69) is 9.72 Å². The molecular weight excluding hydrogens is 225 g/mol. The van der Waals surface area contributed by atoms with Crippen molar-refractivity contribution in [2.24, 2.45) is 5.73 Å². The van der Waals surface area contributed by atoms with E-state index < -0.39 is 12.1 Å². The largest absolute Gasteiger partial charge is 0.573 e. The first-order valence-electron chi connectivity index (χ1n) is 4.34. The Kier molecular flexibility index (Phi) is 2.47. The summed E-state index contributed by atoms with van der Waals surface area (Å²) in [5.74, 6) is -0.235. The number of aromatic nitrogens is 1. The van der Waals surface area contributed by atoms with Crippen molar-refractivity contribution in [3.05, 3.63) is 24.1 Å². The Bertz CT molecular complexity index is 507. The summed E-state index contributed by atoms with van der Waals surface area (Å²) >= 11 is 0. The molecule has 0 aliphatic heterocycles. The molecule has 0 radical (unpaired) electrons. The minimum absolute atomic E-state index is 0.0140. The van der Waals surface area contributed by atoms with Gasteiger partial charge in [-0.2, -0.15) is 0 Å². The van der Waals surface area contributed by atoms with Gasteiger partial charge in [-0.05, 0) is 12.1 Å². The molecule has 16 heavy (non-hydrogen) atoms. The fourth-order valence-corrected chi connectivity index (χ4v) is 1.26. The van der Waals surface area contributed by atoms with Crippen molar-refractivity contribution in [1.82, 2.24) is 4.98 Å². The van der Waals surface area contributed by atoms with Gasteiger partial charge in [-0.25, -0.2) is 4.98 Å². The summed E-state index contributed by atoms with van der Waals surface area (Å²) in [5, 5.41) is 0. The van der Waals surface area contributed by atoms with Gasteiger partial charge in [0.15, 0.2) is 16.8 Å². The number of benzene rings is 1. The number of ether oxygens (including phenoxy) is 1. The lowest BCUT2D eigenvalue weighted by Gasteiger charge is -2.07. The number of nitrogens with zero attached hydrogens (tertiary/aromatic N) is 1. The van der Waals surface area contributed by atoms with E-state index in [0.717, 1.165) is 0 Å². The van der Waals surface area contributed by atoms with Gasteiger partial charge in [-0.15, -0.1) is 13.2 Å². The summed E-state index contributed by atoms with van der Waals surface area (Å²) in [6.45, 7) is 0.0140. The first-order valence-corrected chi connectivity index (χ1v) is 4.34. The zero-order chi connectivity index (χ0) is 11.8. The average molecular weight is 232 g/mol. The van der Waals surface area contributed by atoms with Crippen LogP contribution in [0.4, 0.5) is 13.2 Å². The Morgan fingerprint density at radius 3 is 2.75 bits per heavy atom. The van der Waals surface area contributed by atoms with Crippen molar-refractivity contribution < 1.29 is 22.3 Å². The summed E-state index contributed by atoms with van der Waals surface area (Å²) in [5.41, 5.74) is 5.50. The van der Waals surface area contributed by atoms with E-state index in [1.807, 2.05) is 0 Å². The Balaban J connectivity index is 2.48. The molecule has 86 valence electrons. The molecule has 4 nitrogen and oxygen atoms in total. The van der Waals surface area contributed by atoms with E-state index in [1.54, 1.807) is 0 Å². The van der Waals surface area contributed by atoms with Crippen LogP contribution < -0.4 is 10.5 Å². The number of alkyl halides is 3. The Morgan fingerprint density at radius 2 is 2.12 bits per heavy atom. The quantitative estimate of drug-likeness (QED) is 0.862. The van der Waals surface area contributed by atoms with E-state index >= 15 is 0 Å². The van der Waals surface area contributed by atoms with Gasteiger partial charge in [0.05, 0.1) is 6.54 Å². The summed E-state index contributed by atoms with van der Waals surface area (Å²) in [6.07, 6.45) is -4.75. The molecule has 0 aliphatic carbocycles. The molecule has 1 heterocycles. The van der Waals surface area contributed by atoms with E-state index in [4.69, 9.17) is 10.2 Å². The van der Waals surface area contributed by atoms with Crippen molar-refractivity contribution in [1.29, 1.82) is 0 Å². The summed E-state index contributed by atoms with van der Waals surface area (Å²) < 4.78 is 45.1. The summed E-state index contributed by atoms with van der Waals surface area (Å²) in [7, 11) is 0. The van der Waals surface area contributed by atoms with Gasteiger partial charge in [0.25, 0.3) is 0 Å². The fraction of sp³-hybridized carbons (Fsp3) is 0.222. The van der Waals surface area contributed by atoms with Crippen LogP contribution in [-0.4, -0.2) is 11.3 Å². The lowest BCUT2D eigenvalue weighted by molar-refractivity contribution is -0.274. The van der Waals surface area contributed by atoms with Gasteiger partial charge in [0.2, 0.25) is 5.89 Å². The molecule has 2 rings (SSSR count). The monoisotopic (exact) mass is 232 g/mol.